The van der Waals surface area contributed by atoms with Crippen LogP contribution in [0.4, 0.5) is 0 Å². The summed E-state index contributed by atoms with van der Waals surface area (Å²) in [5.41, 5.74) is 3.34. The largest absolute Gasteiger partial charge is 0.378 e. The number of aryl methyl sites for hydroxylation is 1. The van der Waals surface area contributed by atoms with E-state index in [2.05, 4.69) is 66.4 Å². The van der Waals surface area contributed by atoms with E-state index in [4.69, 9.17) is 4.74 Å². The Hall–Kier alpha value is -2.49. The molecule has 5 rings (SSSR count). The maximum atomic E-state index is 13.7. The maximum Gasteiger partial charge on any atom is 0.166 e. The fourth-order valence-corrected chi connectivity index (χ4v) is 5.17. The summed E-state index contributed by atoms with van der Waals surface area (Å²) in [7, 11) is 0. The number of fused-ring (bicyclic) bond motifs is 3. The van der Waals surface area contributed by atoms with Crippen LogP contribution in [0.3, 0.4) is 0 Å². The summed E-state index contributed by atoms with van der Waals surface area (Å²) < 4.78 is 5.88. The molecule has 29 heavy (non-hydrogen) atoms. The Bertz CT molecular complexity index is 1020. The summed E-state index contributed by atoms with van der Waals surface area (Å²) in [5.74, 6) is 0.390. The molecular weight excluding hydrogens is 358 g/mol. The Morgan fingerprint density at radius 1 is 0.931 bits per heavy atom. The van der Waals surface area contributed by atoms with E-state index in [9.17, 15) is 4.79 Å². The number of ketones is 1. The predicted octanol–water partition coefficient (Wildman–Crippen LogP) is 5.01. The molecule has 148 valence electrons. The molecule has 0 amide bonds. The molecule has 0 saturated carbocycles. The number of morpholine rings is 1. The van der Waals surface area contributed by atoms with Crippen LogP contribution >= 0.6 is 0 Å². The van der Waals surface area contributed by atoms with Crippen LogP contribution in [-0.2, 0) is 11.3 Å². The van der Waals surface area contributed by atoms with Crippen molar-refractivity contribution in [3.63, 3.8) is 0 Å². The minimum atomic E-state index is 0.0745. The Balaban J connectivity index is 1.42. The van der Waals surface area contributed by atoms with Gasteiger partial charge in [0.1, 0.15) is 0 Å². The summed E-state index contributed by atoms with van der Waals surface area (Å²) in [6, 6.07) is 23.7. The summed E-state index contributed by atoms with van der Waals surface area (Å²) in [6.07, 6.45) is 1.76. The zero-order chi connectivity index (χ0) is 19.8. The molecule has 2 heterocycles. The molecule has 0 N–H and O–H groups in total. The highest BCUT2D eigenvalue weighted by atomic mass is 16.5. The average Bonchev–Trinajstić information content (AvgIpc) is 2.74. The molecule has 2 bridgehead atoms. The number of Topliss-reactive ketones (excluding diaryl/α,β-unsaturated/α-hetero) is 1. The van der Waals surface area contributed by atoms with Crippen molar-refractivity contribution in [3.05, 3.63) is 83.4 Å². The molecule has 0 aliphatic carbocycles. The molecule has 2 saturated heterocycles. The van der Waals surface area contributed by atoms with Gasteiger partial charge in [-0.3, -0.25) is 9.69 Å². The summed E-state index contributed by atoms with van der Waals surface area (Å²) in [6.45, 7) is 4.45. The van der Waals surface area contributed by atoms with Gasteiger partial charge >= 0.3 is 0 Å². The zero-order valence-electron chi connectivity index (χ0n) is 16.9. The van der Waals surface area contributed by atoms with Crippen LogP contribution in [0.25, 0.3) is 10.8 Å². The highest BCUT2D eigenvalue weighted by Gasteiger charge is 2.41. The van der Waals surface area contributed by atoms with Crippen molar-refractivity contribution in [1.29, 1.82) is 0 Å². The first-order valence-electron chi connectivity index (χ1n) is 10.6. The number of nitrogens with zero attached hydrogens (tertiary/aromatic N) is 1. The van der Waals surface area contributed by atoms with Crippen molar-refractivity contribution >= 4 is 16.6 Å². The van der Waals surface area contributed by atoms with E-state index in [1.54, 1.807) is 0 Å². The number of hydrogen-bond acceptors (Lipinski definition) is 3. The lowest BCUT2D eigenvalue weighted by Gasteiger charge is -2.48. The average molecular weight is 386 g/mol. The highest BCUT2D eigenvalue weighted by molar-refractivity contribution is 6.10. The summed E-state index contributed by atoms with van der Waals surface area (Å²) >= 11 is 0. The zero-order valence-corrected chi connectivity index (χ0v) is 16.9. The van der Waals surface area contributed by atoms with Gasteiger partial charge in [0, 0.05) is 30.1 Å². The van der Waals surface area contributed by atoms with Gasteiger partial charge in [-0.2, -0.15) is 0 Å². The van der Waals surface area contributed by atoms with E-state index in [-0.39, 0.29) is 5.92 Å². The molecule has 2 aliphatic rings. The van der Waals surface area contributed by atoms with Crippen LogP contribution < -0.4 is 0 Å². The van der Waals surface area contributed by atoms with Gasteiger partial charge in [0.15, 0.2) is 5.78 Å². The van der Waals surface area contributed by atoms with Gasteiger partial charge in [0.25, 0.3) is 0 Å². The van der Waals surface area contributed by atoms with Crippen molar-refractivity contribution in [3.8, 4) is 0 Å². The van der Waals surface area contributed by atoms with Gasteiger partial charge in [0.05, 0.1) is 13.2 Å². The molecule has 3 heteroatoms. The normalized spacial score (nSPS) is 24.5. The molecule has 2 fully saturated rings. The Labute approximate surface area is 172 Å². The Morgan fingerprint density at radius 3 is 2.38 bits per heavy atom. The number of rotatable bonds is 4. The number of benzene rings is 3. The van der Waals surface area contributed by atoms with Gasteiger partial charge in [0.2, 0.25) is 0 Å². The lowest BCUT2D eigenvalue weighted by atomic mass is 9.79. The lowest BCUT2D eigenvalue weighted by Crippen LogP contribution is -2.57. The van der Waals surface area contributed by atoms with E-state index in [1.807, 2.05) is 12.1 Å². The van der Waals surface area contributed by atoms with Gasteiger partial charge in [-0.05, 0) is 41.7 Å². The molecule has 2 unspecified atom stereocenters. The van der Waals surface area contributed by atoms with E-state index >= 15 is 0 Å². The second kappa shape index (κ2) is 7.74. The molecule has 0 radical (unpaired) electrons. The van der Waals surface area contributed by atoms with Gasteiger partial charge < -0.3 is 4.74 Å². The van der Waals surface area contributed by atoms with Crippen LogP contribution in [0.5, 0.6) is 0 Å². The van der Waals surface area contributed by atoms with Crippen molar-refractivity contribution in [2.24, 2.45) is 5.92 Å². The third-order valence-electron chi connectivity index (χ3n) is 6.63. The topological polar surface area (TPSA) is 29.5 Å². The van der Waals surface area contributed by atoms with Gasteiger partial charge in [-0.1, -0.05) is 66.7 Å². The van der Waals surface area contributed by atoms with Crippen molar-refractivity contribution in [1.82, 2.24) is 4.90 Å². The van der Waals surface area contributed by atoms with Crippen molar-refractivity contribution in [2.45, 2.75) is 38.4 Å². The minimum absolute atomic E-state index is 0.0745. The Morgan fingerprint density at radius 2 is 1.62 bits per heavy atom. The standard InChI is InChI=1S/C26H27NO2/c1-18-11-12-20-9-5-6-10-24(20)25(18)26(28)21-13-22-16-29-17-23(14-21)27(22)15-19-7-3-2-4-8-19/h2-12,21-23H,13-17H2,1H3. The quantitative estimate of drug-likeness (QED) is 0.591. The number of piperidine rings is 1. The molecule has 3 nitrogen and oxygen atoms in total. The van der Waals surface area contributed by atoms with Crippen molar-refractivity contribution in [2.75, 3.05) is 13.2 Å². The van der Waals surface area contributed by atoms with E-state index in [0.717, 1.165) is 54.5 Å². The number of carbonyl (C=O) groups excluding carboxylic acids is 1. The second-order valence-corrected chi connectivity index (χ2v) is 8.51. The van der Waals surface area contributed by atoms with Crippen LogP contribution in [0, 0.1) is 12.8 Å². The van der Waals surface area contributed by atoms with Crippen LogP contribution in [0.15, 0.2) is 66.7 Å². The first kappa shape index (κ1) is 18.5. The summed E-state index contributed by atoms with van der Waals surface area (Å²) in [4.78, 5) is 16.2. The molecule has 2 atom stereocenters. The van der Waals surface area contributed by atoms with Gasteiger partial charge in [-0.15, -0.1) is 0 Å². The molecule has 3 aromatic rings. The highest BCUT2D eigenvalue weighted by Crippen LogP contribution is 2.36. The second-order valence-electron chi connectivity index (χ2n) is 8.51. The minimum Gasteiger partial charge on any atom is -0.378 e. The van der Waals surface area contributed by atoms with E-state index in [1.165, 1.54) is 5.56 Å². The monoisotopic (exact) mass is 385 g/mol. The fourth-order valence-electron chi connectivity index (χ4n) is 5.17. The SMILES string of the molecule is Cc1ccc2ccccc2c1C(=O)C1CC2COCC(C1)N2Cc1ccccc1. The summed E-state index contributed by atoms with van der Waals surface area (Å²) in [5, 5.41) is 2.23. The van der Waals surface area contributed by atoms with E-state index in [0.29, 0.717) is 17.9 Å². The molecule has 0 aromatic heterocycles. The molecular formula is C26H27NO2. The lowest BCUT2D eigenvalue weighted by molar-refractivity contribution is -0.0872. The first-order chi connectivity index (χ1) is 14.2. The maximum absolute atomic E-state index is 13.7. The van der Waals surface area contributed by atoms with Crippen LogP contribution in [0.2, 0.25) is 0 Å². The smallest absolute Gasteiger partial charge is 0.166 e. The third-order valence-corrected chi connectivity index (χ3v) is 6.63. The number of carbonyl (C=O) groups is 1. The number of hydrogen-bond donors (Lipinski definition) is 0. The Kier molecular flexibility index (Phi) is 4.94. The van der Waals surface area contributed by atoms with Crippen molar-refractivity contribution < 1.29 is 9.53 Å². The third kappa shape index (κ3) is 3.50. The predicted molar refractivity (Wildman–Crippen MR) is 116 cm³/mol. The molecule has 3 aromatic carbocycles. The fraction of sp³-hybridized carbons (Fsp3) is 0.346. The van der Waals surface area contributed by atoms with Crippen LogP contribution in [0.1, 0.15) is 34.3 Å². The molecule has 0 spiro atoms. The van der Waals surface area contributed by atoms with Crippen LogP contribution in [-0.4, -0.2) is 36.0 Å². The number of ether oxygens (including phenoxy) is 1. The van der Waals surface area contributed by atoms with Gasteiger partial charge in [-0.25, -0.2) is 0 Å². The first-order valence-corrected chi connectivity index (χ1v) is 10.6. The molecule has 2 aliphatic heterocycles. The van der Waals surface area contributed by atoms with E-state index < -0.39 is 0 Å².